The second-order valence-electron chi connectivity index (χ2n) is 8.82. The Hall–Kier alpha value is -4.83. The van der Waals surface area contributed by atoms with Crippen molar-refractivity contribution < 1.29 is 14.3 Å². The Morgan fingerprint density at radius 3 is 2.02 bits per heavy atom. The zero-order chi connectivity index (χ0) is 28.2. The van der Waals surface area contributed by atoms with Gasteiger partial charge in [-0.3, -0.25) is 14.3 Å². The first-order valence-corrected chi connectivity index (χ1v) is 13.2. The van der Waals surface area contributed by atoms with E-state index in [1.807, 2.05) is 85.8 Å². The predicted molar refractivity (Wildman–Crippen MR) is 159 cm³/mol. The van der Waals surface area contributed by atoms with Crippen LogP contribution in [0.5, 0.6) is 11.5 Å². The van der Waals surface area contributed by atoms with Crippen LogP contribution in [-0.4, -0.2) is 45.9 Å². The third kappa shape index (κ3) is 5.34. The number of carbonyl (C=O) groups excluding carboxylic acids is 1. The van der Waals surface area contributed by atoms with E-state index in [-0.39, 0.29) is 22.3 Å². The van der Waals surface area contributed by atoms with Gasteiger partial charge in [0.15, 0.2) is 10.9 Å². The third-order valence-corrected chi connectivity index (χ3v) is 7.33. The molecule has 0 unspecified atom stereocenters. The molecule has 0 aliphatic carbocycles. The molecule has 1 aliphatic rings. The number of aromatic nitrogens is 2. The van der Waals surface area contributed by atoms with Crippen LogP contribution in [0.4, 0.5) is 5.69 Å². The number of rotatable bonds is 7. The molecule has 0 atom stereocenters. The lowest BCUT2D eigenvalue weighted by atomic mass is 10.2. The van der Waals surface area contributed by atoms with Gasteiger partial charge < -0.3 is 9.47 Å². The van der Waals surface area contributed by atoms with E-state index in [4.69, 9.17) is 14.5 Å². The van der Waals surface area contributed by atoms with Gasteiger partial charge in [0.25, 0.3) is 11.5 Å². The third-order valence-electron chi connectivity index (χ3n) is 6.37. The lowest BCUT2D eigenvalue weighted by molar-refractivity contribution is -0.122. The predicted octanol–water partition coefficient (Wildman–Crippen LogP) is 5.14. The molecule has 1 fully saturated rings. The van der Waals surface area contributed by atoms with Gasteiger partial charge in [-0.1, -0.05) is 30.3 Å². The Labute approximate surface area is 235 Å². The molecule has 202 valence electrons. The van der Waals surface area contributed by atoms with Crippen LogP contribution in [0.2, 0.25) is 0 Å². The van der Waals surface area contributed by atoms with E-state index >= 15 is 0 Å². The van der Waals surface area contributed by atoms with Crippen molar-refractivity contribution in [2.45, 2.75) is 6.92 Å². The number of para-hydroxylation sites is 1. The van der Waals surface area contributed by atoms with Gasteiger partial charge in [0.05, 0.1) is 36.7 Å². The number of ether oxygens (including phenoxy) is 2. The van der Waals surface area contributed by atoms with Gasteiger partial charge in [-0.25, -0.2) is 9.67 Å². The molecule has 9 nitrogen and oxygen atoms in total. The molecular formula is C30H27N5O4S. The van der Waals surface area contributed by atoms with E-state index in [0.29, 0.717) is 22.0 Å². The number of carbonyl (C=O) groups is 1. The molecule has 0 spiro atoms. The van der Waals surface area contributed by atoms with Gasteiger partial charge >= 0.3 is 0 Å². The van der Waals surface area contributed by atoms with Crippen LogP contribution < -0.4 is 15.0 Å². The molecule has 0 bridgehead atoms. The summed E-state index contributed by atoms with van der Waals surface area (Å²) in [5.41, 5.74) is 2.90. The molecule has 1 aromatic heterocycles. The number of amidine groups is 1. The maximum Gasteiger partial charge on any atom is 0.297 e. The highest BCUT2D eigenvalue weighted by molar-refractivity contribution is 8.18. The summed E-state index contributed by atoms with van der Waals surface area (Å²) >= 11 is 1.16. The molecule has 0 N–H and O–H groups in total. The average molecular weight is 554 g/mol. The van der Waals surface area contributed by atoms with Gasteiger partial charge in [0.2, 0.25) is 0 Å². The lowest BCUT2D eigenvalue weighted by Gasteiger charge is -2.08. The quantitative estimate of drug-likeness (QED) is 0.234. The van der Waals surface area contributed by atoms with Crippen LogP contribution in [0, 0.1) is 6.92 Å². The number of hydrogen-bond donors (Lipinski definition) is 0. The van der Waals surface area contributed by atoms with Crippen molar-refractivity contribution in [1.29, 1.82) is 0 Å². The number of benzene rings is 3. The lowest BCUT2D eigenvalue weighted by Crippen LogP contribution is -2.24. The maximum atomic E-state index is 13.5. The van der Waals surface area contributed by atoms with Crippen molar-refractivity contribution in [1.82, 2.24) is 14.4 Å². The Morgan fingerprint density at radius 2 is 1.43 bits per heavy atom. The molecule has 0 radical (unpaired) electrons. The van der Waals surface area contributed by atoms with Crippen LogP contribution >= 0.6 is 11.8 Å². The summed E-state index contributed by atoms with van der Waals surface area (Å²) in [6.07, 6.45) is 3.34. The summed E-state index contributed by atoms with van der Waals surface area (Å²) in [6.45, 7) is 1.82. The Bertz CT molecular complexity index is 1690. The molecule has 1 aliphatic heterocycles. The van der Waals surface area contributed by atoms with E-state index in [0.717, 1.165) is 28.6 Å². The highest BCUT2D eigenvalue weighted by Crippen LogP contribution is 2.35. The molecule has 2 heterocycles. The Balaban J connectivity index is 1.57. The number of nitrogens with zero attached hydrogens (tertiary/aromatic N) is 5. The van der Waals surface area contributed by atoms with Crippen LogP contribution in [0.1, 0.15) is 16.8 Å². The molecule has 40 heavy (non-hydrogen) atoms. The minimum atomic E-state index is -0.346. The second kappa shape index (κ2) is 11.5. The van der Waals surface area contributed by atoms with Crippen molar-refractivity contribution in [2.24, 2.45) is 17.1 Å². The monoisotopic (exact) mass is 553 g/mol. The minimum Gasteiger partial charge on any atom is -0.497 e. The number of aliphatic imine (C=N–C) groups is 1. The van der Waals surface area contributed by atoms with Gasteiger partial charge in [-0.05, 0) is 84.4 Å². The first-order valence-electron chi connectivity index (χ1n) is 12.4. The van der Waals surface area contributed by atoms with Crippen LogP contribution in [0.15, 0.2) is 98.7 Å². The van der Waals surface area contributed by atoms with Crippen LogP contribution in [0.3, 0.4) is 0 Å². The second-order valence-corrected chi connectivity index (χ2v) is 9.83. The highest BCUT2D eigenvalue weighted by atomic mass is 32.2. The van der Waals surface area contributed by atoms with Crippen molar-refractivity contribution >= 4 is 40.8 Å². The van der Waals surface area contributed by atoms with Crippen molar-refractivity contribution in [3.05, 3.63) is 111 Å². The van der Waals surface area contributed by atoms with E-state index in [9.17, 15) is 9.59 Å². The Kier molecular flexibility index (Phi) is 7.70. The number of methoxy groups -OCH3 is 2. The molecule has 10 heteroatoms. The average Bonchev–Trinajstić information content (AvgIpc) is 3.39. The fourth-order valence-corrected chi connectivity index (χ4v) is 5.00. The van der Waals surface area contributed by atoms with Gasteiger partial charge in [-0.2, -0.15) is 10.1 Å². The normalized spacial score (nSPS) is 15.5. The zero-order valence-electron chi connectivity index (χ0n) is 22.4. The maximum absolute atomic E-state index is 13.5. The summed E-state index contributed by atoms with van der Waals surface area (Å²) in [4.78, 5) is 32.1. The van der Waals surface area contributed by atoms with Gasteiger partial charge in [0, 0.05) is 7.05 Å². The highest BCUT2D eigenvalue weighted by Gasteiger charge is 2.34. The first-order chi connectivity index (χ1) is 19.4. The summed E-state index contributed by atoms with van der Waals surface area (Å²) in [7, 11) is 5.00. The standard InChI is InChI=1S/C30H27N5O4S/c1-20-27(29(37)35(33(20)2)23-8-6-5-7-9-23)32-30-34(31-19-22-12-16-25(39-4)17-13-22)28(36)26(40-30)18-21-10-14-24(38-3)15-11-21/h5-19H,1-4H3/b26-18-,31-19?,32-30?. The molecule has 4 aromatic rings. The molecule has 0 saturated carbocycles. The van der Waals surface area contributed by atoms with E-state index in [2.05, 4.69) is 5.10 Å². The smallest absolute Gasteiger partial charge is 0.297 e. The Morgan fingerprint density at radius 1 is 0.825 bits per heavy atom. The van der Waals surface area contributed by atoms with Gasteiger partial charge in [0.1, 0.15) is 11.5 Å². The summed E-state index contributed by atoms with van der Waals surface area (Å²) < 4.78 is 13.8. The van der Waals surface area contributed by atoms with Crippen molar-refractivity contribution in [3.63, 3.8) is 0 Å². The summed E-state index contributed by atoms with van der Waals surface area (Å²) in [6, 6.07) is 24.0. The largest absolute Gasteiger partial charge is 0.497 e. The fourth-order valence-electron chi connectivity index (χ4n) is 4.08. The topological polar surface area (TPSA) is 90.4 Å². The fraction of sp³-hybridized carbons (Fsp3) is 0.133. The number of amides is 1. The van der Waals surface area contributed by atoms with E-state index < -0.39 is 0 Å². The zero-order valence-corrected chi connectivity index (χ0v) is 23.3. The molecule has 5 rings (SSSR count). The van der Waals surface area contributed by atoms with Crippen molar-refractivity contribution in [2.75, 3.05) is 14.2 Å². The summed E-state index contributed by atoms with van der Waals surface area (Å²) in [5.74, 6) is 1.09. The molecule has 3 aromatic carbocycles. The van der Waals surface area contributed by atoms with Gasteiger partial charge in [-0.15, -0.1) is 0 Å². The molecule has 1 amide bonds. The van der Waals surface area contributed by atoms with Crippen LogP contribution in [0.25, 0.3) is 11.8 Å². The first kappa shape index (κ1) is 26.8. The van der Waals surface area contributed by atoms with E-state index in [1.54, 1.807) is 42.9 Å². The summed E-state index contributed by atoms with van der Waals surface area (Å²) in [5, 5.41) is 5.97. The SMILES string of the molecule is COc1ccc(C=NN2C(=O)/C(=C/c3ccc(OC)cc3)SC2=Nc2c(C)n(C)n(-c3ccccc3)c2=O)cc1. The molecular weight excluding hydrogens is 526 g/mol. The van der Waals surface area contributed by atoms with E-state index in [1.165, 1.54) is 5.01 Å². The number of hydrogen-bond acceptors (Lipinski definition) is 7. The van der Waals surface area contributed by atoms with Crippen LogP contribution in [-0.2, 0) is 11.8 Å². The minimum absolute atomic E-state index is 0.233. The van der Waals surface area contributed by atoms with Crippen molar-refractivity contribution in [3.8, 4) is 17.2 Å². The number of hydrazone groups is 1. The number of thioether (sulfide) groups is 1. The molecule has 1 saturated heterocycles.